The van der Waals surface area contributed by atoms with Crippen molar-refractivity contribution in [3.8, 4) is 11.5 Å². The summed E-state index contributed by atoms with van der Waals surface area (Å²) in [5.74, 6) is 2.30. The van der Waals surface area contributed by atoms with E-state index in [1.807, 2.05) is 0 Å². The van der Waals surface area contributed by atoms with E-state index in [2.05, 4.69) is 142 Å². The molecule has 4 aromatic rings. The number of fused-ring (bicyclic) bond motifs is 2. The molecule has 0 aromatic heterocycles. The van der Waals surface area contributed by atoms with Crippen LogP contribution in [0.4, 0.5) is 0 Å². The molecule has 0 spiro atoms. The van der Waals surface area contributed by atoms with Crippen LogP contribution in [0.3, 0.4) is 0 Å². The predicted octanol–water partition coefficient (Wildman–Crippen LogP) is 4.80. The van der Waals surface area contributed by atoms with Crippen molar-refractivity contribution < 1.29 is 59.9 Å². The normalized spacial score (nSPS) is 11.0. The van der Waals surface area contributed by atoms with E-state index in [4.69, 9.17) is 8.85 Å². The minimum absolute atomic E-state index is 0. The SMILES string of the molecule is C=C.CCCC(C)(C)c1[cH-]c2ccccc2c1O[SiH](C)C.CCCC(C)(C)c1[cH-]c2ccccc2c1O[SiH](C)C.[Cl-].[Cl-].[Zr+4]. The van der Waals surface area contributed by atoms with E-state index in [-0.39, 0.29) is 61.8 Å². The molecule has 0 N–H and O–H groups in total. The first-order chi connectivity index (χ1) is 18.9. The van der Waals surface area contributed by atoms with Crippen molar-refractivity contribution in [2.24, 2.45) is 0 Å². The van der Waals surface area contributed by atoms with Crippen molar-refractivity contribution >= 4 is 39.6 Å². The molecule has 2 nitrogen and oxygen atoms in total. The first-order valence-electron chi connectivity index (χ1n) is 15.1. The Kier molecular flexibility index (Phi) is 20.6. The third-order valence-corrected chi connectivity index (χ3v) is 8.83. The van der Waals surface area contributed by atoms with E-state index in [0.29, 0.717) is 0 Å². The monoisotopic (exact) mass is 734 g/mol. The Morgan fingerprint density at radius 2 is 0.930 bits per heavy atom. The Hall–Kier alpha value is -1.10. The van der Waals surface area contributed by atoms with Gasteiger partial charge in [-0.1, -0.05) is 77.6 Å². The second-order valence-corrected chi connectivity index (χ2v) is 17.2. The standard InChI is InChI=1S/2C17H25OSi.C2H4.2ClH.Zr/c2*1-6-11-17(2,3)15-12-13-9-7-8-10-14(13)16(15)18-19(4)5;1-2;;;/h2*7-10,12,19H,6,11H2,1-5H3;1-2H2;2*1H;/q2*-1;;;;+4/p-2. The van der Waals surface area contributed by atoms with Gasteiger partial charge in [0.2, 0.25) is 18.1 Å². The molecular formula is C36H54Cl2O2Si2Zr. The summed E-state index contributed by atoms with van der Waals surface area (Å²) in [6.07, 6.45) is 4.79. The molecule has 0 heterocycles. The Bertz CT molecular complexity index is 1240. The zero-order valence-corrected chi connectivity index (χ0v) is 34.5. The van der Waals surface area contributed by atoms with Gasteiger partial charge in [-0.3, -0.25) is 0 Å². The van der Waals surface area contributed by atoms with Gasteiger partial charge in [0.05, 0.1) is 0 Å². The summed E-state index contributed by atoms with van der Waals surface area (Å²) < 4.78 is 12.5. The van der Waals surface area contributed by atoms with Crippen molar-refractivity contribution in [1.82, 2.24) is 0 Å². The zero-order chi connectivity index (χ0) is 30.1. The van der Waals surface area contributed by atoms with Crippen LogP contribution >= 0.6 is 0 Å². The van der Waals surface area contributed by atoms with Gasteiger partial charge in [-0.05, 0) is 61.4 Å². The molecule has 0 aliphatic carbocycles. The van der Waals surface area contributed by atoms with Gasteiger partial charge >= 0.3 is 26.2 Å². The van der Waals surface area contributed by atoms with Crippen LogP contribution in [0.2, 0.25) is 26.2 Å². The number of benzene rings is 2. The number of rotatable bonds is 10. The number of hydrogen-bond acceptors (Lipinski definition) is 2. The molecular weight excluding hydrogens is 683 g/mol. The molecule has 4 rings (SSSR count). The molecule has 43 heavy (non-hydrogen) atoms. The molecule has 7 heteroatoms. The summed E-state index contributed by atoms with van der Waals surface area (Å²) >= 11 is 0. The van der Waals surface area contributed by atoms with Gasteiger partial charge in [-0.15, -0.1) is 83.2 Å². The molecule has 0 aliphatic rings. The van der Waals surface area contributed by atoms with Crippen molar-refractivity contribution in [3.63, 3.8) is 0 Å². The predicted molar refractivity (Wildman–Crippen MR) is 185 cm³/mol. The Morgan fingerprint density at radius 1 is 0.628 bits per heavy atom. The minimum Gasteiger partial charge on any atom is -1.00 e. The maximum absolute atomic E-state index is 6.27. The summed E-state index contributed by atoms with van der Waals surface area (Å²) in [5.41, 5.74) is 3.15. The zero-order valence-electron chi connectivity index (χ0n) is 28.2. The molecule has 0 amide bonds. The molecule has 0 saturated carbocycles. The third-order valence-electron chi connectivity index (χ3n) is 7.42. The van der Waals surface area contributed by atoms with E-state index in [1.54, 1.807) is 0 Å². The fraction of sp³-hybridized carbons (Fsp3) is 0.444. The van der Waals surface area contributed by atoms with Gasteiger partial charge < -0.3 is 33.7 Å². The fourth-order valence-electron chi connectivity index (χ4n) is 5.64. The summed E-state index contributed by atoms with van der Waals surface area (Å²) in [7, 11) is -2.18. The van der Waals surface area contributed by atoms with Crippen LogP contribution in [0.15, 0.2) is 73.8 Å². The van der Waals surface area contributed by atoms with Crippen LogP contribution < -0.4 is 33.7 Å². The smallest absolute Gasteiger partial charge is 1.00 e. The summed E-state index contributed by atoms with van der Waals surface area (Å²) in [6, 6.07) is 21.8. The van der Waals surface area contributed by atoms with E-state index >= 15 is 0 Å². The van der Waals surface area contributed by atoms with E-state index in [0.717, 1.165) is 11.5 Å². The van der Waals surface area contributed by atoms with E-state index in [9.17, 15) is 0 Å². The third kappa shape index (κ3) is 11.6. The van der Waals surface area contributed by atoms with Crippen LogP contribution in [0.25, 0.3) is 21.5 Å². The maximum Gasteiger partial charge on any atom is 4.00 e. The van der Waals surface area contributed by atoms with E-state index < -0.39 is 18.1 Å². The van der Waals surface area contributed by atoms with Crippen molar-refractivity contribution in [3.05, 3.63) is 84.9 Å². The number of halogens is 2. The molecule has 0 fully saturated rings. The first-order valence-corrected chi connectivity index (χ1v) is 20.7. The summed E-state index contributed by atoms with van der Waals surface area (Å²) in [4.78, 5) is 0. The second kappa shape index (κ2) is 20.1. The maximum atomic E-state index is 6.27. The molecule has 4 aromatic carbocycles. The minimum atomic E-state index is -1.09. The topological polar surface area (TPSA) is 18.5 Å². The fourth-order valence-corrected chi connectivity index (χ4v) is 7.09. The van der Waals surface area contributed by atoms with Gasteiger partial charge in [-0.2, -0.15) is 0 Å². The molecule has 0 radical (unpaired) electrons. The van der Waals surface area contributed by atoms with Gasteiger partial charge in [0.15, 0.2) is 0 Å². The first kappa shape index (κ1) is 44.0. The Morgan fingerprint density at radius 3 is 1.21 bits per heavy atom. The molecule has 0 aliphatic heterocycles. The Labute approximate surface area is 298 Å². The van der Waals surface area contributed by atoms with Crippen LogP contribution in [0.5, 0.6) is 11.5 Å². The number of hydrogen-bond donors (Lipinski definition) is 0. The molecule has 236 valence electrons. The summed E-state index contributed by atoms with van der Waals surface area (Å²) in [5, 5.41) is 5.18. The second-order valence-electron chi connectivity index (χ2n) is 12.5. The van der Waals surface area contributed by atoms with Crippen LogP contribution in [-0.4, -0.2) is 18.1 Å². The van der Waals surface area contributed by atoms with Crippen LogP contribution in [0.1, 0.15) is 78.4 Å². The molecule has 0 unspecified atom stereocenters. The van der Waals surface area contributed by atoms with Crippen molar-refractivity contribution in [1.29, 1.82) is 0 Å². The van der Waals surface area contributed by atoms with Crippen molar-refractivity contribution in [2.75, 3.05) is 0 Å². The van der Waals surface area contributed by atoms with E-state index in [1.165, 1.54) is 58.4 Å². The molecule has 0 saturated heterocycles. The average molecular weight is 737 g/mol. The quantitative estimate of drug-likeness (QED) is 0.132. The average Bonchev–Trinajstić information content (AvgIpc) is 3.45. The largest absolute Gasteiger partial charge is 4.00 e. The van der Waals surface area contributed by atoms with Gasteiger partial charge in [0, 0.05) is 0 Å². The van der Waals surface area contributed by atoms with Crippen LogP contribution in [0, 0.1) is 0 Å². The van der Waals surface area contributed by atoms with Gasteiger partial charge in [0.25, 0.3) is 0 Å². The van der Waals surface area contributed by atoms with Gasteiger partial charge in [-0.25, -0.2) is 0 Å². The Balaban J connectivity index is 0. The summed E-state index contributed by atoms with van der Waals surface area (Å²) in [6.45, 7) is 28.8. The van der Waals surface area contributed by atoms with Crippen molar-refractivity contribution in [2.45, 2.75) is 104 Å². The van der Waals surface area contributed by atoms with Crippen LogP contribution in [-0.2, 0) is 37.0 Å². The molecule has 0 atom stereocenters. The molecule has 0 bridgehead atoms. The van der Waals surface area contributed by atoms with Gasteiger partial charge in [0.1, 0.15) is 0 Å².